The predicted octanol–water partition coefficient (Wildman–Crippen LogP) is 4.16. The van der Waals surface area contributed by atoms with E-state index in [1.54, 1.807) is 18.2 Å². The van der Waals surface area contributed by atoms with Gasteiger partial charge in [-0.05, 0) is 167 Å². The second-order valence-corrected chi connectivity index (χ2v) is 27.8. The number of nitrogens with one attached hydrogen (secondary N) is 9. The average molecular weight is 1250 g/mol. The summed E-state index contributed by atoms with van der Waals surface area (Å²) in [4.78, 5) is 148. The number of aromatic nitrogens is 1. The van der Waals surface area contributed by atoms with Crippen molar-refractivity contribution in [1.82, 2.24) is 62.6 Å². The number of likely N-dealkylation sites (tertiary alicyclic amines) is 1. The van der Waals surface area contributed by atoms with E-state index in [-0.39, 0.29) is 80.0 Å². The molecule has 1 aliphatic heterocycles. The Kier molecular flexibility index (Phi) is 25.0. The van der Waals surface area contributed by atoms with Crippen LogP contribution in [0.15, 0.2) is 42.5 Å². The summed E-state index contributed by atoms with van der Waals surface area (Å²) in [7, 11) is 5.43. The van der Waals surface area contributed by atoms with Crippen molar-refractivity contribution in [2.45, 2.75) is 200 Å². The van der Waals surface area contributed by atoms with Gasteiger partial charge in [0.2, 0.25) is 53.2 Å². The molecule has 1 aromatic heterocycles. The highest BCUT2D eigenvalue weighted by Gasteiger charge is 2.43. The third-order valence-corrected chi connectivity index (χ3v) is 16.6. The van der Waals surface area contributed by atoms with Gasteiger partial charge < -0.3 is 62.4 Å². The minimum absolute atomic E-state index is 0.0347. The zero-order valence-electron chi connectivity index (χ0n) is 54.0. The fourth-order valence-corrected chi connectivity index (χ4v) is 11.7. The summed E-state index contributed by atoms with van der Waals surface area (Å²) >= 11 is 1.29. The van der Waals surface area contributed by atoms with Crippen LogP contribution in [0.4, 0.5) is 4.39 Å². The number of benzene rings is 2. The number of hydrogen-bond donors (Lipinski definition) is 9. The molecular weight excluding hydrogens is 1150 g/mol. The Morgan fingerprint density at radius 1 is 0.682 bits per heavy atom. The van der Waals surface area contributed by atoms with Crippen molar-refractivity contribution in [3.05, 3.63) is 58.9 Å². The molecule has 0 radical (unpaired) electrons. The van der Waals surface area contributed by atoms with Gasteiger partial charge in [0, 0.05) is 38.0 Å². The number of hydrogen-bond acceptors (Lipinski definition) is 14. The van der Waals surface area contributed by atoms with Gasteiger partial charge in [0.05, 0.1) is 27.9 Å². The van der Waals surface area contributed by atoms with Crippen molar-refractivity contribution in [1.29, 1.82) is 0 Å². The third kappa shape index (κ3) is 20.4. The smallest absolute Gasteiger partial charge is 0.254 e. The lowest BCUT2D eigenvalue weighted by atomic mass is 9.76. The molecule has 1 aliphatic carbocycles. The Hall–Kier alpha value is -7.28. The van der Waals surface area contributed by atoms with Crippen LogP contribution in [-0.4, -0.2) is 167 Å². The fourth-order valence-electron chi connectivity index (χ4n) is 10.7. The van der Waals surface area contributed by atoms with E-state index in [4.69, 9.17) is 9.72 Å². The zero-order chi connectivity index (χ0) is 65.6. The third-order valence-electron chi connectivity index (χ3n) is 15.5. The number of ether oxygens (including phenoxy) is 1. The van der Waals surface area contributed by atoms with E-state index in [1.807, 2.05) is 60.5 Å². The Labute approximate surface area is 521 Å². The highest BCUT2D eigenvalue weighted by Crippen LogP contribution is 2.33. The Bertz CT molecular complexity index is 3000. The van der Waals surface area contributed by atoms with Gasteiger partial charge in [0.1, 0.15) is 58.4 Å². The zero-order valence-corrected chi connectivity index (χ0v) is 54.8. The number of halogens is 1. The number of carbonyl (C=O) groups is 10. The molecule has 2 fully saturated rings. The van der Waals surface area contributed by atoms with E-state index in [2.05, 4.69) is 47.9 Å². The highest BCUT2D eigenvalue weighted by molar-refractivity contribution is 7.18. The minimum Gasteiger partial charge on any atom is -0.497 e. The van der Waals surface area contributed by atoms with Crippen LogP contribution in [0, 0.1) is 23.6 Å². The van der Waals surface area contributed by atoms with Crippen LogP contribution in [0.25, 0.3) is 10.2 Å². The molecule has 5 rings (SSSR count). The van der Waals surface area contributed by atoms with Crippen molar-refractivity contribution in [2.24, 2.45) is 17.8 Å². The second kappa shape index (κ2) is 30.8. The van der Waals surface area contributed by atoms with Crippen LogP contribution in [0.5, 0.6) is 5.75 Å². The van der Waals surface area contributed by atoms with E-state index in [9.17, 15) is 52.3 Å². The lowest BCUT2D eigenvalue weighted by molar-refractivity contribution is -0.139. The lowest BCUT2D eigenvalue weighted by Gasteiger charge is -2.44. The fraction of sp³-hybridized carbons (Fsp3) is 0.635. The number of fused-ring (bicyclic) bond motifs is 1. The van der Waals surface area contributed by atoms with Crippen molar-refractivity contribution in [3.63, 3.8) is 0 Å². The van der Waals surface area contributed by atoms with Crippen LogP contribution in [0.3, 0.4) is 0 Å². The van der Waals surface area contributed by atoms with Gasteiger partial charge in [0.25, 0.3) is 5.91 Å². The van der Waals surface area contributed by atoms with Gasteiger partial charge in [-0.15, -0.1) is 11.3 Å². The van der Waals surface area contributed by atoms with Gasteiger partial charge in [-0.1, -0.05) is 41.5 Å². The molecule has 5 atom stereocenters. The molecular formula is C63H95FN12O11S. The van der Waals surface area contributed by atoms with Gasteiger partial charge >= 0.3 is 0 Å². The summed E-state index contributed by atoms with van der Waals surface area (Å²) in [6.45, 7) is 20.9. The normalized spacial score (nSPS) is 16.4. The first-order chi connectivity index (χ1) is 41.0. The molecule has 23 nitrogen and oxygen atoms in total. The van der Waals surface area contributed by atoms with Crippen LogP contribution in [-0.2, 0) is 49.6 Å². The highest BCUT2D eigenvalue weighted by atomic mass is 32.1. The molecule has 88 heavy (non-hydrogen) atoms. The van der Waals surface area contributed by atoms with E-state index < -0.39 is 106 Å². The molecule has 3 aromatic rings. The second-order valence-electron chi connectivity index (χ2n) is 26.6. The van der Waals surface area contributed by atoms with Crippen molar-refractivity contribution in [3.8, 4) is 5.75 Å². The molecule has 2 aliphatic rings. The summed E-state index contributed by atoms with van der Waals surface area (Å²) < 4.78 is 19.9. The first kappa shape index (κ1) is 71.5. The van der Waals surface area contributed by atoms with E-state index in [1.165, 1.54) is 77.0 Å². The molecule has 0 spiro atoms. The van der Waals surface area contributed by atoms with Crippen LogP contribution in [0.1, 0.15) is 156 Å². The van der Waals surface area contributed by atoms with Crippen LogP contribution in [0.2, 0.25) is 0 Å². The summed E-state index contributed by atoms with van der Waals surface area (Å²) in [6.07, 6.45) is 3.86. The van der Waals surface area contributed by atoms with Crippen molar-refractivity contribution in [2.75, 3.05) is 40.8 Å². The number of thiazole rings is 1. The summed E-state index contributed by atoms with van der Waals surface area (Å²) in [5.74, 6) is -6.56. The summed E-state index contributed by atoms with van der Waals surface area (Å²) in [6, 6.07) is 4.39. The molecule has 0 unspecified atom stereocenters. The minimum atomic E-state index is -1.71. The molecule has 2 heterocycles. The number of methoxy groups -OCH3 is 1. The quantitative estimate of drug-likeness (QED) is 0.0438. The maximum absolute atomic E-state index is 14.6. The molecule has 486 valence electrons. The van der Waals surface area contributed by atoms with E-state index in [0.29, 0.717) is 35.7 Å². The van der Waals surface area contributed by atoms with Crippen LogP contribution < -0.4 is 52.6 Å². The number of amides is 10. The monoisotopic (exact) mass is 1250 g/mol. The number of rotatable bonds is 31. The van der Waals surface area contributed by atoms with Crippen molar-refractivity contribution >= 4 is 80.6 Å². The summed E-state index contributed by atoms with van der Waals surface area (Å²) in [5, 5.41) is 25.8. The van der Waals surface area contributed by atoms with Gasteiger partial charge in [-0.2, -0.15) is 0 Å². The van der Waals surface area contributed by atoms with E-state index in [0.717, 1.165) is 36.1 Å². The van der Waals surface area contributed by atoms with Gasteiger partial charge in [-0.3, -0.25) is 47.9 Å². The Morgan fingerprint density at radius 3 is 1.74 bits per heavy atom. The number of nitrogens with zero attached hydrogens (tertiary/aromatic N) is 3. The molecule has 2 aromatic carbocycles. The standard InChI is InChI=1S/C63H95FN12O11S/c1-36(2)30-43(51(78)67-45(32-38(5)6)54(81)73-62(11,12)59(86)74-60(7,8)57(84)65-28-25-49(77)71-63(26-17-27-63)35-75(13)14)70-58(85)61(9,10)72-53(80)44(31-37(3)4)68-52(79)46(34-50-66-42-24-23-41(87-15)33-48(42)88-50)69-55(82)47-18-16-29-76(47)56(83)39-19-21-40(64)22-20-39/h19-24,33,36-38,43-47H,16-18,25-32,34-35H2,1-15H3,(H,65,84)(H,67,78)(H,68,79)(H,69,82)(H,70,85)(H,71,77)(H,72,80)(H,73,81)(H,74,86)/t43-,44-,45-,46-,47-/m0/s1. The average Bonchev–Trinajstić information content (AvgIpc) is 2.93. The first-order valence-corrected chi connectivity index (χ1v) is 31.3. The molecule has 1 saturated carbocycles. The van der Waals surface area contributed by atoms with Crippen LogP contribution >= 0.6 is 11.3 Å². The maximum atomic E-state index is 14.6. The van der Waals surface area contributed by atoms with Crippen molar-refractivity contribution < 1.29 is 57.1 Å². The Morgan fingerprint density at radius 2 is 1.22 bits per heavy atom. The van der Waals surface area contributed by atoms with Gasteiger partial charge in [0.15, 0.2) is 0 Å². The molecule has 1 saturated heterocycles. The number of likely N-dealkylation sites (N-methyl/N-ethyl adjacent to an activating group) is 1. The molecule has 25 heteroatoms. The Balaban J connectivity index is 1.25. The largest absolute Gasteiger partial charge is 0.497 e. The predicted molar refractivity (Wildman–Crippen MR) is 334 cm³/mol. The first-order valence-electron chi connectivity index (χ1n) is 30.5. The number of carbonyl (C=O) groups excluding carboxylic acids is 10. The SMILES string of the molecule is COc1ccc2nc(C[C@H](NC(=O)[C@@H]3CCCN3C(=O)c3ccc(F)cc3)C(=O)N[C@@H](CC(C)C)C(=O)NC(C)(C)C(=O)N[C@@H](CC(C)C)C(=O)N[C@@H](CC(C)C)C(=O)NC(C)(C)C(=O)NC(C)(C)C(=O)NCCC(=O)NC3(CN(C)C)CCC3)sc2c1. The topological polar surface area (TPSA) is 308 Å². The molecule has 10 amide bonds. The van der Waals surface area contributed by atoms with Gasteiger partial charge in [-0.25, -0.2) is 9.37 Å². The lowest BCUT2D eigenvalue weighted by Crippen LogP contribution is -2.65. The molecule has 0 bridgehead atoms. The van der Waals surface area contributed by atoms with E-state index >= 15 is 0 Å². The summed E-state index contributed by atoms with van der Waals surface area (Å²) in [5.41, 5.74) is -4.24. The molecule has 9 N–H and O–H groups in total. The maximum Gasteiger partial charge on any atom is 0.254 e.